The van der Waals surface area contributed by atoms with Gasteiger partial charge in [0.15, 0.2) is 0 Å². The quantitative estimate of drug-likeness (QED) is 0.703. The summed E-state index contributed by atoms with van der Waals surface area (Å²) < 4.78 is 37.3. The highest BCUT2D eigenvalue weighted by molar-refractivity contribution is 7.88. The monoisotopic (exact) mass is 392 g/mol. The maximum atomic E-state index is 12.3. The molecule has 0 aliphatic carbocycles. The zero-order chi connectivity index (χ0) is 19.9. The number of hydrogen-bond acceptors (Lipinski definition) is 5. The molecule has 0 unspecified atom stereocenters. The Morgan fingerprint density at radius 1 is 1.07 bits per heavy atom. The first-order valence-electron chi connectivity index (χ1n) is 8.30. The molecule has 2 aromatic carbocycles. The van der Waals surface area contributed by atoms with Crippen LogP contribution in [0.5, 0.6) is 11.5 Å². The van der Waals surface area contributed by atoms with E-state index in [-0.39, 0.29) is 18.2 Å². The smallest absolute Gasteiger partial charge is 0.237 e. The fourth-order valence-corrected chi connectivity index (χ4v) is 3.57. The number of carbonyl (C=O) groups excluding carboxylic acids is 1. The highest BCUT2D eigenvalue weighted by Crippen LogP contribution is 2.25. The predicted octanol–water partition coefficient (Wildman–Crippen LogP) is 1.78. The number of likely N-dealkylation sites (N-methyl/N-ethyl adjacent to an activating group) is 1. The SMILES string of the molecule is COc1ccc(CS(=O)(=O)NCC(=O)N(C)Cc2ccccc2)c(OC)c1. The summed E-state index contributed by atoms with van der Waals surface area (Å²) in [5.74, 6) is 0.366. The molecule has 0 aromatic heterocycles. The molecule has 0 spiro atoms. The molecule has 0 saturated heterocycles. The minimum atomic E-state index is -3.71. The van der Waals surface area contributed by atoms with Gasteiger partial charge in [-0.15, -0.1) is 0 Å². The minimum Gasteiger partial charge on any atom is -0.497 e. The summed E-state index contributed by atoms with van der Waals surface area (Å²) in [6.45, 7) is 0.109. The Bertz CT molecular complexity index is 869. The van der Waals surface area contributed by atoms with Crippen molar-refractivity contribution in [3.8, 4) is 11.5 Å². The van der Waals surface area contributed by atoms with Crippen LogP contribution in [0, 0.1) is 0 Å². The molecule has 0 atom stereocenters. The maximum Gasteiger partial charge on any atom is 0.237 e. The molecular weight excluding hydrogens is 368 g/mol. The Kier molecular flexibility index (Phi) is 7.20. The number of methoxy groups -OCH3 is 2. The topological polar surface area (TPSA) is 84.9 Å². The summed E-state index contributed by atoms with van der Waals surface area (Å²) in [6.07, 6.45) is 0. The van der Waals surface area contributed by atoms with E-state index in [4.69, 9.17) is 9.47 Å². The molecule has 1 amide bonds. The second-order valence-corrected chi connectivity index (χ2v) is 7.80. The molecule has 0 fully saturated rings. The van der Waals surface area contributed by atoms with Gasteiger partial charge in [-0.25, -0.2) is 13.1 Å². The van der Waals surface area contributed by atoms with Gasteiger partial charge in [0.25, 0.3) is 0 Å². The number of hydrogen-bond donors (Lipinski definition) is 1. The number of sulfonamides is 1. The lowest BCUT2D eigenvalue weighted by atomic mass is 10.2. The van der Waals surface area contributed by atoms with E-state index in [0.717, 1.165) is 5.56 Å². The molecule has 7 nitrogen and oxygen atoms in total. The summed E-state index contributed by atoms with van der Waals surface area (Å²) in [7, 11) is 0.905. The van der Waals surface area contributed by atoms with Crippen LogP contribution in [0.2, 0.25) is 0 Å². The van der Waals surface area contributed by atoms with Gasteiger partial charge in [0.1, 0.15) is 11.5 Å². The van der Waals surface area contributed by atoms with E-state index in [1.54, 1.807) is 25.2 Å². The molecule has 2 aromatic rings. The number of carbonyl (C=O) groups is 1. The summed E-state index contributed by atoms with van der Waals surface area (Å²) in [4.78, 5) is 13.7. The van der Waals surface area contributed by atoms with Crippen LogP contribution in [-0.2, 0) is 27.1 Å². The molecule has 0 bridgehead atoms. The first-order chi connectivity index (χ1) is 12.8. The van der Waals surface area contributed by atoms with Gasteiger partial charge in [0, 0.05) is 25.2 Å². The first kappa shape index (κ1) is 20.7. The van der Waals surface area contributed by atoms with Crippen molar-refractivity contribution in [1.82, 2.24) is 9.62 Å². The Balaban J connectivity index is 1.95. The van der Waals surface area contributed by atoms with E-state index in [2.05, 4.69) is 4.72 Å². The number of ether oxygens (including phenoxy) is 2. The molecule has 146 valence electrons. The Morgan fingerprint density at radius 3 is 2.41 bits per heavy atom. The van der Waals surface area contributed by atoms with Crippen molar-refractivity contribution >= 4 is 15.9 Å². The van der Waals surface area contributed by atoms with Crippen molar-refractivity contribution in [3.63, 3.8) is 0 Å². The van der Waals surface area contributed by atoms with Crippen LogP contribution in [0.3, 0.4) is 0 Å². The summed E-state index contributed by atoms with van der Waals surface area (Å²) in [6, 6.07) is 14.4. The lowest BCUT2D eigenvalue weighted by molar-refractivity contribution is -0.129. The lowest BCUT2D eigenvalue weighted by Gasteiger charge is -2.18. The Labute approximate surface area is 160 Å². The van der Waals surface area contributed by atoms with E-state index in [0.29, 0.717) is 23.6 Å². The number of rotatable bonds is 9. The van der Waals surface area contributed by atoms with Gasteiger partial charge in [-0.2, -0.15) is 0 Å². The molecule has 8 heteroatoms. The molecule has 0 aliphatic heterocycles. The number of amides is 1. The van der Waals surface area contributed by atoms with Crippen LogP contribution in [0.25, 0.3) is 0 Å². The average molecular weight is 392 g/mol. The van der Waals surface area contributed by atoms with Gasteiger partial charge in [-0.3, -0.25) is 4.79 Å². The third-order valence-corrected chi connectivity index (χ3v) is 5.25. The Morgan fingerprint density at radius 2 is 1.78 bits per heavy atom. The zero-order valence-electron chi connectivity index (χ0n) is 15.6. The molecule has 27 heavy (non-hydrogen) atoms. The van der Waals surface area contributed by atoms with E-state index in [1.165, 1.54) is 19.1 Å². The van der Waals surface area contributed by atoms with Crippen LogP contribution >= 0.6 is 0 Å². The number of benzene rings is 2. The van der Waals surface area contributed by atoms with Crippen molar-refractivity contribution in [1.29, 1.82) is 0 Å². The van der Waals surface area contributed by atoms with Gasteiger partial charge in [0.05, 0.1) is 26.5 Å². The second-order valence-electron chi connectivity index (χ2n) is 5.99. The predicted molar refractivity (Wildman–Crippen MR) is 103 cm³/mol. The highest BCUT2D eigenvalue weighted by Gasteiger charge is 2.18. The molecule has 2 rings (SSSR count). The summed E-state index contributed by atoms with van der Waals surface area (Å²) >= 11 is 0. The van der Waals surface area contributed by atoms with E-state index < -0.39 is 10.0 Å². The van der Waals surface area contributed by atoms with Crippen molar-refractivity contribution in [2.24, 2.45) is 0 Å². The van der Waals surface area contributed by atoms with Crippen molar-refractivity contribution in [3.05, 3.63) is 59.7 Å². The van der Waals surface area contributed by atoms with Crippen LogP contribution in [-0.4, -0.2) is 47.0 Å². The fraction of sp³-hybridized carbons (Fsp3) is 0.316. The molecule has 0 heterocycles. The third-order valence-electron chi connectivity index (χ3n) is 3.97. The van der Waals surface area contributed by atoms with Gasteiger partial charge >= 0.3 is 0 Å². The molecule has 0 aliphatic rings. The van der Waals surface area contributed by atoms with E-state index in [9.17, 15) is 13.2 Å². The van der Waals surface area contributed by atoms with Crippen LogP contribution in [0.1, 0.15) is 11.1 Å². The standard InChI is InChI=1S/C19H24N2O5S/c1-21(13-15-7-5-4-6-8-15)19(22)12-20-27(23,24)14-16-9-10-17(25-2)11-18(16)26-3/h4-11,20H,12-14H2,1-3H3. The maximum absolute atomic E-state index is 12.3. The zero-order valence-corrected chi connectivity index (χ0v) is 16.5. The summed E-state index contributed by atoms with van der Waals surface area (Å²) in [5.41, 5.74) is 1.45. The largest absolute Gasteiger partial charge is 0.497 e. The van der Waals surface area contributed by atoms with Gasteiger partial charge < -0.3 is 14.4 Å². The van der Waals surface area contributed by atoms with Crippen LogP contribution in [0.4, 0.5) is 0 Å². The third kappa shape index (κ3) is 6.26. The molecule has 1 N–H and O–H groups in total. The highest BCUT2D eigenvalue weighted by atomic mass is 32.2. The van der Waals surface area contributed by atoms with Crippen molar-refractivity contribution in [2.45, 2.75) is 12.3 Å². The van der Waals surface area contributed by atoms with E-state index >= 15 is 0 Å². The molecule has 0 saturated carbocycles. The van der Waals surface area contributed by atoms with Gasteiger partial charge in [-0.1, -0.05) is 36.4 Å². The first-order valence-corrected chi connectivity index (χ1v) is 9.96. The summed E-state index contributed by atoms with van der Waals surface area (Å²) in [5, 5.41) is 0. The lowest BCUT2D eigenvalue weighted by Crippen LogP contribution is -2.38. The van der Waals surface area contributed by atoms with E-state index in [1.807, 2.05) is 30.3 Å². The van der Waals surface area contributed by atoms with Crippen molar-refractivity contribution < 1.29 is 22.7 Å². The van der Waals surface area contributed by atoms with Crippen LogP contribution < -0.4 is 14.2 Å². The molecule has 0 radical (unpaired) electrons. The van der Waals surface area contributed by atoms with Gasteiger partial charge in [-0.05, 0) is 11.6 Å². The normalized spacial score (nSPS) is 11.1. The van der Waals surface area contributed by atoms with Crippen LogP contribution in [0.15, 0.2) is 48.5 Å². The Hall–Kier alpha value is -2.58. The fourth-order valence-electron chi connectivity index (χ4n) is 2.48. The molecular formula is C19H24N2O5S. The number of nitrogens with one attached hydrogen (secondary N) is 1. The van der Waals surface area contributed by atoms with Crippen molar-refractivity contribution in [2.75, 3.05) is 27.8 Å². The second kappa shape index (κ2) is 9.38. The number of nitrogens with zero attached hydrogens (tertiary/aromatic N) is 1. The minimum absolute atomic E-state index is 0.296. The average Bonchev–Trinajstić information content (AvgIpc) is 2.67. The van der Waals surface area contributed by atoms with Gasteiger partial charge in [0.2, 0.25) is 15.9 Å².